The van der Waals surface area contributed by atoms with E-state index in [2.05, 4.69) is 0 Å². The van der Waals surface area contributed by atoms with Gasteiger partial charge in [0.05, 0.1) is 5.92 Å². The monoisotopic (exact) mass is 392 g/mol. The van der Waals surface area contributed by atoms with E-state index in [1.54, 1.807) is 12.2 Å². The number of carbonyl (C=O) groups excluding carboxylic acids is 1. The molecule has 2 nitrogen and oxygen atoms in total. The first-order chi connectivity index (χ1) is 10.7. The molecule has 0 amide bonds. The number of hydrogen-bond donors (Lipinski definition) is 0. The Hall–Kier alpha value is -0.670. The van der Waals surface area contributed by atoms with Crippen molar-refractivity contribution >= 4 is 58.4 Å². The molecule has 1 aliphatic rings. The van der Waals surface area contributed by atoms with Crippen LogP contribution in [0.3, 0.4) is 0 Å². The van der Waals surface area contributed by atoms with E-state index in [4.69, 9.17) is 51.1 Å². The van der Waals surface area contributed by atoms with E-state index in [0.29, 0.717) is 0 Å². The summed E-state index contributed by atoms with van der Waals surface area (Å²) in [5, 5.41) is 0. The molecule has 0 spiro atoms. The lowest BCUT2D eigenvalue weighted by Crippen LogP contribution is -2.10. The Bertz CT molecular complexity index is 639. The Kier molecular flexibility index (Phi) is 6.07. The van der Waals surface area contributed by atoms with Gasteiger partial charge in [-0.2, -0.15) is 0 Å². The smallest absolute Gasteiger partial charge is 0.310 e. The second-order valence-electron chi connectivity index (χ2n) is 6.06. The van der Waals surface area contributed by atoms with Crippen LogP contribution in [0.1, 0.15) is 25.0 Å². The summed E-state index contributed by atoms with van der Waals surface area (Å²) in [7, 11) is 0. The quantitative estimate of drug-likeness (QED) is 0.565. The first-order valence-corrected chi connectivity index (χ1v) is 8.54. The molecule has 2 unspecified atom stereocenters. The van der Waals surface area contributed by atoms with Crippen molar-refractivity contribution in [2.45, 2.75) is 20.5 Å². The minimum absolute atomic E-state index is 0.0124. The second kappa shape index (κ2) is 7.48. The molecule has 0 radical (unpaired) electrons. The van der Waals surface area contributed by atoms with Crippen molar-refractivity contribution in [3.63, 3.8) is 0 Å². The number of ether oxygens (including phenoxy) is 1. The highest BCUT2D eigenvalue weighted by molar-refractivity contribution is 6.57. The van der Waals surface area contributed by atoms with Gasteiger partial charge in [0.15, 0.2) is 0 Å². The van der Waals surface area contributed by atoms with E-state index in [1.807, 2.05) is 38.1 Å². The van der Waals surface area contributed by atoms with E-state index in [0.717, 1.165) is 11.1 Å². The van der Waals surface area contributed by atoms with Crippen molar-refractivity contribution in [3.8, 4) is 0 Å². The summed E-state index contributed by atoms with van der Waals surface area (Å²) < 4.78 is 5.77. The predicted molar refractivity (Wildman–Crippen MR) is 96.5 cm³/mol. The largest absolute Gasteiger partial charge is 0.461 e. The van der Waals surface area contributed by atoms with Crippen LogP contribution in [0.15, 0.2) is 39.3 Å². The number of hydrogen-bond acceptors (Lipinski definition) is 2. The van der Waals surface area contributed by atoms with Gasteiger partial charge < -0.3 is 4.74 Å². The lowest BCUT2D eigenvalue weighted by Gasteiger charge is -2.06. The average molecular weight is 394 g/mol. The summed E-state index contributed by atoms with van der Waals surface area (Å²) in [4.78, 5) is 12.2. The van der Waals surface area contributed by atoms with Crippen molar-refractivity contribution in [2.75, 3.05) is 0 Å². The normalized spacial score (nSPS) is 21.3. The van der Waals surface area contributed by atoms with Gasteiger partial charge in [-0.1, -0.05) is 84.5 Å². The lowest BCUT2D eigenvalue weighted by molar-refractivity contribution is -0.147. The van der Waals surface area contributed by atoms with Crippen LogP contribution in [0.25, 0.3) is 6.08 Å². The molecule has 0 saturated heterocycles. The molecule has 1 saturated carbocycles. The van der Waals surface area contributed by atoms with Crippen molar-refractivity contribution in [1.82, 2.24) is 0 Å². The zero-order valence-electron chi connectivity index (χ0n) is 12.7. The van der Waals surface area contributed by atoms with Gasteiger partial charge in [-0.25, -0.2) is 0 Å². The van der Waals surface area contributed by atoms with E-state index in [1.165, 1.54) is 0 Å². The van der Waals surface area contributed by atoms with Crippen LogP contribution < -0.4 is 0 Å². The lowest BCUT2D eigenvalue weighted by atomic mass is 10.1. The molecule has 23 heavy (non-hydrogen) atoms. The molecule has 6 heteroatoms. The fourth-order valence-electron chi connectivity index (χ4n) is 2.65. The summed E-state index contributed by atoms with van der Waals surface area (Å²) in [6.45, 7) is 4.21. The number of allylic oxidation sites excluding steroid dienone is 1. The van der Waals surface area contributed by atoms with E-state index in [-0.39, 0.29) is 38.8 Å². The zero-order chi connectivity index (χ0) is 17.2. The van der Waals surface area contributed by atoms with Crippen molar-refractivity contribution in [2.24, 2.45) is 17.3 Å². The highest BCUT2D eigenvalue weighted by atomic mass is 35.5. The Morgan fingerprint density at radius 2 is 1.74 bits per heavy atom. The van der Waals surface area contributed by atoms with Gasteiger partial charge in [-0.3, -0.25) is 4.79 Å². The summed E-state index contributed by atoms with van der Waals surface area (Å²) in [5.41, 5.74) is 1.59. The van der Waals surface area contributed by atoms with Gasteiger partial charge in [-0.15, -0.1) is 0 Å². The van der Waals surface area contributed by atoms with Crippen LogP contribution in [0.4, 0.5) is 0 Å². The Morgan fingerprint density at radius 3 is 2.26 bits per heavy atom. The van der Waals surface area contributed by atoms with Crippen LogP contribution in [0, 0.1) is 17.3 Å². The summed E-state index contributed by atoms with van der Waals surface area (Å²) in [5.74, 6) is -0.441. The first-order valence-electron chi connectivity index (χ1n) is 7.03. The molecule has 0 bridgehead atoms. The maximum absolute atomic E-state index is 12.2. The molecule has 2 rings (SSSR count). The van der Waals surface area contributed by atoms with Crippen LogP contribution in [0.2, 0.25) is 0 Å². The van der Waals surface area contributed by atoms with Crippen LogP contribution in [-0.2, 0) is 16.1 Å². The van der Waals surface area contributed by atoms with Crippen molar-refractivity contribution in [3.05, 3.63) is 50.5 Å². The zero-order valence-corrected chi connectivity index (χ0v) is 15.7. The van der Waals surface area contributed by atoms with Gasteiger partial charge in [-0.05, 0) is 34.6 Å². The SMILES string of the molecule is CC1(C)C(C=C(Cl)Cl)C1C(=O)OCc1ccc(C=C(Cl)Cl)cc1. The average Bonchev–Trinajstić information content (AvgIpc) is 2.97. The minimum Gasteiger partial charge on any atom is -0.461 e. The molecule has 1 aromatic rings. The fraction of sp³-hybridized carbons (Fsp3) is 0.353. The predicted octanol–water partition coefficient (Wildman–Crippen LogP) is 6.10. The van der Waals surface area contributed by atoms with E-state index < -0.39 is 0 Å². The standard InChI is InChI=1S/C17H16Cl4O2/c1-17(2)12(8-14(20)21)15(17)16(22)23-9-11-5-3-10(4-6-11)7-13(18)19/h3-8,12,15H,9H2,1-2H3. The topological polar surface area (TPSA) is 26.3 Å². The first kappa shape index (κ1) is 18.7. The maximum atomic E-state index is 12.2. The summed E-state index contributed by atoms with van der Waals surface area (Å²) in [6, 6.07) is 7.43. The summed E-state index contributed by atoms with van der Waals surface area (Å²) >= 11 is 22.6. The van der Waals surface area contributed by atoms with E-state index in [9.17, 15) is 4.79 Å². The third-order valence-corrected chi connectivity index (χ3v) is 4.58. The molecule has 1 fully saturated rings. The van der Waals surface area contributed by atoms with Crippen molar-refractivity contribution in [1.29, 1.82) is 0 Å². The van der Waals surface area contributed by atoms with Gasteiger partial charge in [0.25, 0.3) is 0 Å². The molecular weight excluding hydrogens is 378 g/mol. The molecule has 1 aliphatic carbocycles. The molecule has 0 aromatic heterocycles. The molecule has 2 atom stereocenters. The fourth-order valence-corrected chi connectivity index (χ4v) is 3.18. The number of esters is 1. The van der Waals surface area contributed by atoms with Crippen LogP contribution in [0.5, 0.6) is 0 Å². The Morgan fingerprint density at radius 1 is 1.13 bits per heavy atom. The van der Waals surface area contributed by atoms with Gasteiger partial charge in [0, 0.05) is 0 Å². The molecule has 0 aliphatic heterocycles. The number of rotatable bonds is 5. The Labute approximate surface area is 156 Å². The highest BCUT2D eigenvalue weighted by Gasteiger charge is 2.61. The van der Waals surface area contributed by atoms with E-state index >= 15 is 0 Å². The summed E-state index contributed by atoms with van der Waals surface area (Å²) in [6.07, 6.45) is 3.34. The van der Waals surface area contributed by atoms with Gasteiger partial charge >= 0.3 is 5.97 Å². The molecule has 0 N–H and O–H groups in total. The van der Waals surface area contributed by atoms with Crippen LogP contribution >= 0.6 is 46.4 Å². The van der Waals surface area contributed by atoms with Crippen LogP contribution in [-0.4, -0.2) is 5.97 Å². The number of carbonyl (C=O) groups is 1. The highest BCUT2D eigenvalue weighted by Crippen LogP contribution is 2.60. The Balaban J connectivity index is 1.93. The molecule has 124 valence electrons. The third kappa shape index (κ3) is 4.90. The van der Waals surface area contributed by atoms with Crippen molar-refractivity contribution < 1.29 is 9.53 Å². The molecular formula is C17H16Cl4O2. The maximum Gasteiger partial charge on any atom is 0.310 e. The number of benzene rings is 1. The molecule has 1 aromatic carbocycles. The second-order valence-corrected chi connectivity index (χ2v) is 8.08. The minimum atomic E-state index is -0.237. The van der Waals surface area contributed by atoms with Gasteiger partial charge in [0.2, 0.25) is 0 Å². The number of halogens is 4. The molecule has 0 heterocycles. The third-order valence-electron chi connectivity index (χ3n) is 4.11. The van der Waals surface area contributed by atoms with Gasteiger partial charge in [0.1, 0.15) is 15.6 Å².